The van der Waals surface area contributed by atoms with Gasteiger partial charge in [-0.15, -0.1) is 0 Å². The topological polar surface area (TPSA) is 50.5 Å². The van der Waals surface area contributed by atoms with Gasteiger partial charge in [0.1, 0.15) is 5.82 Å². The van der Waals surface area contributed by atoms with Gasteiger partial charge in [0.15, 0.2) is 5.65 Å². The maximum atomic E-state index is 14.8. The van der Waals surface area contributed by atoms with Crippen molar-refractivity contribution in [2.24, 2.45) is 0 Å². The van der Waals surface area contributed by atoms with Crippen LogP contribution in [-0.4, -0.2) is 43.1 Å². The summed E-state index contributed by atoms with van der Waals surface area (Å²) in [6.45, 7) is 6.51. The third-order valence-corrected chi connectivity index (χ3v) is 6.42. The predicted octanol–water partition coefficient (Wildman–Crippen LogP) is 4.78. The van der Waals surface area contributed by atoms with Gasteiger partial charge in [-0.05, 0) is 43.4 Å². The summed E-state index contributed by atoms with van der Waals surface area (Å²) in [5.74, 6) is -0.222. The summed E-state index contributed by atoms with van der Waals surface area (Å²) in [6, 6.07) is 16.6. The standard InChI is InChI=1S/C24H25FN4OS/c1-4-28(5-2)16-19-7-6-18(14-21(19)25)22-12-13-24-26-15-23(29(24)27-22)17-8-10-20(11-9-17)31(3)30/h6-15H,4-5,16H2,1-3H3. The molecule has 5 nitrogen and oxygen atoms in total. The third kappa shape index (κ3) is 4.43. The van der Waals surface area contributed by atoms with Crippen molar-refractivity contribution < 1.29 is 8.60 Å². The van der Waals surface area contributed by atoms with Crippen LogP contribution in [0.2, 0.25) is 0 Å². The van der Waals surface area contributed by atoms with E-state index in [9.17, 15) is 8.60 Å². The van der Waals surface area contributed by atoms with E-state index in [0.717, 1.165) is 34.8 Å². The Kier molecular flexibility index (Phi) is 6.25. The minimum Gasteiger partial charge on any atom is -0.300 e. The van der Waals surface area contributed by atoms with Crippen LogP contribution in [0.4, 0.5) is 4.39 Å². The molecule has 1 unspecified atom stereocenters. The number of nitrogens with zero attached hydrogens (tertiary/aromatic N) is 4. The number of aromatic nitrogens is 3. The van der Waals surface area contributed by atoms with Gasteiger partial charge in [-0.25, -0.2) is 13.9 Å². The minimum absolute atomic E-state index is 0.222. The van der Waals surface area contributed by atoms with Gasteiger partial charge in [0.05, 0.1) is 17.6 Å². The molecule has 0 aliphatic carbocycles. The Morgan fingerprint density at radius 1 is 1.00 bits per heavy atom. The van der Waals surface area contributed by atoms with Gasteiger partial charge in [-0.2, -0.15) is 5.10 Å². The molecule has 0 saturated heterocycles. The Morgan fingerprint density at radius 3 is 2.35 bits per heavy atom. The summed E-state index contributed by atoms with van der Waals surface area (Å²) >= 11 is 0. The first kappa shape index (κ1) is 21.3. The predicted molar refractivity (Wildman–Crippen MR) is 123 cm³/mol. The van der Waals surface area contributed by atoms with Crippen molar-refractivity contribution in [1.29, 1.82) is 0 Å². The SMILES string of the molecule is CCN(CC)Cc1ccc(-c2ccc3ncc(-c4ccc(S(C)=O)cc4)n3n2)cc1F. The fourth-order valence-electron chi connectivity index (χ4n) is 3.56. The first-order chi connectivity index (χ1) is 15.0. The Bertz CT molecular complexity index is 1230. The first-order valence-electron chi connectivity index (χ1n) is 10.3. The lowest BCUT2D eigenvalue weighted by atomic mass is 10.1. The number of halogens is 1. The van der Waals surface area contributed by atoms with Crippen molar-refractivity contribution in [1.82, 2.24) is 19.5 Å². The van der Waals surface area contributed by atoms with E-state index < -0.39 is 10.8 Å². The van der Waals surface area contributed by atoms with Crippen LogP contribution in [-0.2, 0) is 17.3 Å². The number of fused-ring (bicyclic) bond motifs is 1. The molecular weight excluding hydrogens is 411 g/mol. The second-order valence-electron chi connectivity index (χ2n) is 7.38. The highest BCUT2D eigenvalue weighted by Gasteiger charge is 2.12. The van der Waals surface area contributed by atoms with Crippen LogP contribution in [0.15, 0.2) is 65.7 Å². The van der Waals surface area contributed by atoms with Crippen LogP contribution in [0.5, 0.6) is 0 Å². The number of hydrogen-bond donors (Lipinski definition) is 0. The van der Waals surface area contributed by atoms with Gasteiger partial charge in [0.25, 0.3) is 0 Å². The van der Waals surface area contributed by atoms with Crippen molar-refractivity contribution in [3.8, 4) is 22.5 Å². The van der Waals surface area contributed by atoms with Crippen LogP contribution in [0.1, 0.15) is 19.4 Å². The lowest BCUT2D eigenvalue weighted by molar-refractivity contribution is 0.291. The van der Waals surface area contributed by atoms with Crippen molar-refractivity contribution in [3.05, 3.63) is 72.2 Å². The van der Waals surface area contributed by atoms with Gasteiger partial charge >= 0.3 is 0 Å². The number of benzene rings is 2. The molecule has 0 N–H and O–H groups in total. The highest BCUT2D eigenvalue weighted by atomic mass is 32.2. The maximum absolute atomic E-state index is 14.8. The van der Waals surface area contributed by atoms with Gasteiger partial charge < -0.3 is 0 Å². The van der Waals surface area contributed by atoms with Crippen molar-refractivity contribution >= 4 is 16.4 Å². The first-order valence-corrected chi connectivity index (χ1v) is 11.9. The van der Waals surface area contributed by atoms with E-state index in [4.69, 9.17) is 5.10 Å². The van der Waals surface area contributed by atoms with Crippen molar-refractivity contribution in [2.45, 2.75) is 25.3 Å². The second-order valence-corrected chi connectivity index (χ2v) is 8.76. The smallest absolute Gasteiger partial charge is 0.154 e. The lowest BCUT2D eigenvalue weighted by Crippen LogP contribution is -2.22. The molecule has 0 radical (unpaired) electrons. The van der Waals surface area contributed by atoms with E-state index in [1.807, 2.05) is 48.5 Å². The largest absolute Gasteiger partial charge is 0.300 e. The molecule has 31 heavy (non-hydrogen) atoms. The zero-order valence-electron chi connectivity index (χ0n) is 17.9. The van der Waals surface area contributed by atoms with Crippen molar-refractivity contribution in [2.75, 3.05) is 19.3 Å². The summed E-state index contributed by atoms with van der Waals surface area (Å²) in [4.78, 5) is 7.38. The molecule has 4 aromatic rings. The summed E-state index contributed by atoms with van der Waals surface area (Å²) < 4.78 is 28.2. The fraction of sp³-hybridized carbons (Fsp3) is 0.250. The van der Waals surface area contributed by atoms with E-state index in [-0.39, 0.29) is 5.82 Å². The molecule has 2 aromatic heterocycles. The van der Waals surface area contributed by atoms with E-state index in [1.54, 1.807) is 23.0 Å². The monoisotopic (exact) mass is 436 g/mol. The zero-order valence-corrected chi connectivity index (χ0v) is 18.7. The number of imidazole rings is 1. The van der Waals surface area contributed by atoms with Crippen LogP contribution in [0, 0.1) is 5.82 Å². The van der Waals surface area contributed by atoms with Crippen LogP contribution >= 0.6 is 0 Å². The molecule has 0 bridgehead atoms. The molecule has 0 saturated carbocycles. The normalized spacial score (nSPS) is 12.5. The fourth-order valence-corrected chi connectivity index (χ4v) is 4.08. The van der Waals surface area contributed by atoms with Gasteiger partial charge in [0.2, 0.25) is 0 Å². The van der Waals surface area contributed by atoms with E-state index >= 15 is 0 Å². The zero-order chi connectivity index (χ0) is 22.0. The van der Waals surface area contributed by atoms with Crippen molar-refractivity contribution in [3.63, 3.8) is 0 Å². The molecule has 0 aliphatic heterocycles. The summed E-state index contributed by atoms with van der Waals surface area (Å²) in [5.41, 5.74) is 4.53. The Labute approximate surface area is 184 Å². The van der Waals surface area contributed by atoms with Crippen LogP contribution in [0.3, 0.4) is 0 Å². The Hall–Kier alpha value is -2.90. The van der Waals surface area contributed by atoms with Crippen LogP contribution < -0.4 is 0 Å². The Morgan fingerprint density at radius 2 is 1.71 bits per heavy atom. The number of rotatable bonds is 7. The minimum atomic E-state index is -1.03. The third-order valence-electron chi connectivity index (χ3n) is 5.48. The average molecular weight is 437 g/mol. The average Bonchev–Trinajstić information content (AvgIpc) is 3.21. The highest BCUT2D eigenvalue weighted by molar-refractivity contribution is 7.84. The molecule has 7 heteroatoms. The second kappa shape index (κ2) is 9.08. The summed E-state index contributed by atoms with van der Waals surface area (Å²) in [5, 5.41) is 4.72. The summed E-state index contributed by atoms with van der Waals surface area (Å²) in [6.07, 6.45) is 3.42. The lowest BCUT2D eigenvalue weighted by Gasteiger charge is -2.18. The Balaban J connectivity index is 1.69. The molecule has 0 aliphatic rings. The van der Waals surface area contributed by atoms with Gasteiger partial charge in [-0.1, -0.05) is 38.1 Å². The highest BCUT2D eigenvalue weighted by Crippen LogP contribution is 2.25. The summed E-state index contributed by atoms with van der Waals surface area (Å²) in [7, 11) is -1.03. The quantitative estimate of drug-likeness (QED) is 0.418. The molecular formula is C24H25FN4OS. The molecule has 0 amide bonds. The van der Waals surface area contributed by atoms with Gasteiger partial charge in [-0.3, -0.25) is 9.11 Å². The van der Waals surface area contributed by atoms with Gasteiger partial charge in [0, 0.05) is 45.2 Å². The van der Waals surface area contributed by atoms with E-state index in [0.29, 0.717) is 23.4 Å². The molecule has 4 rings (SSSR count). The molecule has 0 spiro atoms. The number of hydrogen-bond acceptors (Lipinski definition) is 4. The molecule has 0 fully saturated rings. The van der Waals surface area contributed by atoms with E-state index in [2.05, 4.69) is 23.7 Å². The van der Waals surface area contributed by atoms with Crippen LogP contribution in [0.25, 0.3) is 28.2 Å². The molecule has 1 atom stereocenters. The molecule has 2 heterocycles. The van der Waals surface area contributed by atoms with E-state index in [1.165, 1.54) is 0 Å². The molecule has 160 valence electrons. The maximum Gasteiger partial charge on any atom is 0.154 e. The molecule has 2 aromatic carbocycles.